The fraction of sp³-hybridized carbons (Fsp3) is 0.385. The summed E-state index contributed by atoms with van der Waals surface area (Å²) in [5, 5.41) is 2.28. The molecule has 0 saturated carbocycles. The molecule has 1 aromatic carbocycles. The molecule has 1 aliphatic rings. The van der Waals surface area contributed by atoms with Gasteiger partial charge in [-0.3, -0.25) is 4.98 Å². The molecule has 0 bridgehead atoms. The standard InChI is InChI=1S/C26H29N2O/c1-16-21(20-9-7-8-14-28(20)6)23-18(15-27-16)17-10-11-19-22(24(17)29-23)26(4,5)13-12-25(19,2)3/h7-11,14-15H,12-13H2,1-6H3/q+1. The van der Waals surface area contributed by atoms with E-state index < -0.39 is 0 Å². The smallest absolute Gasteiger partial charge is 0.217 e. The quantitative estimate of drug-likeness (QED) is 0.369. The maximum absolute atomic E-state index is 6.75. The van der Waals surface area contributed by atoms with E-state index in [9.17, 15) is 0 Å². The zero-order valence-corrected chi connectivity index (χ0v) is 18.3. The molecule has 0 N–H and O–H groups in total. The van der Waals surface area contributed by atoms with Crippen molar-refractivity contribution in [3.63, 3.8) is 0 Å². The minimum atomic E-state index is 0.0955. The Labute approximate surface area is 172 Å². The van der Waals surface area contributed by atoms with Gasteiger partial charge in [0.15, 0.2) is 11.8 Å². The number of hydrogen-bond donors (Lipinski definition) is 0. The highest BCUT2D eigenvalue weighted by molar-refractivity contribution is 6.10. The van der Waals surface area contributed by atoms with Gasteiger partial charge in [-0.15, -0.1) is 0 Å². The van der Waals surface area contributed by atoms with Crippen molar-refractivity contribution in [3.05, 3.63) is 59.5 Å². The number of hydrogen-bond acceptors (Lipinski definition) is 2. The number of furan rings is 1. The molecular formula is C26H29N2O+. The number of fused-ring (bicyclic) bond motifs is 5. The van der Waals surface area contributed by atoms with E-state index in [0.717, 1.165) is 33.5 Å². The number of pyridine rings is 2. The molecule has 0 spiro atoms. The number of nitrogens with zero attached hydrogens (tertiary/aromatic N) is 2. The molecule has 0 atom stereocenters. The van der Waals surface area contributed by atoms with E-state index >= 15 is 0 Å². The fourth-order valence-electron chi connectivity index (χ4n) is 5.09. The van der Waals surface area contributed by atoms with Crippen LogP contribution >= 0.6 is 0 Å². The Morgan fingerprint density at radius 1 is 0.931 bits per heavy atom. The van der Waals surface area contributed by atoms with Gasteiger partial charge in [-0.2, -0.15) is 0 Å². The highest BCUT2D eigenvalue weighted by Gasteiger charge is 2.39. The first-order valence-corrected chi connectivity index (χ1v) is 10.5. The Balaban J connectivity index is 1.93. The Kier molecular flexibility index (Phi) is 3.74. The van der Waals surface area contributed by atoms with Crippen molar-refractivity contribution in [1.29, 1.82) is 0 Å². The summed E-state index contributed by atoms with van der Waals surface area (Å²) >= 11 is 0. The maximum Gasteiger partial charge on any atom is 0.217 e. The molecule has 148 valence electrons. The number of aromatic nitrogens is 2. The largest absolute Gasteiger partial charge is 0.455 e. The van der Waals surface area contributed by atoms with Crippen LogP contribution in [0.3, 0.4) is 0 Å². The lowest BCUT2D eigenvalue weighted by atomic mass is 9.63. The van der Waals surface area contributed by atoms with Crippen LogP contribution in [0.1, 0.15) is 57.4 Å². The third-order valence-electron chi connectivity index (χ3n) is 6.96. The molecule has 0 aliphatic heterocycles. The first-order chi connectivity index (χ1) is 13.7. The van der Waals surface area contributed by atoms with E-state index in [1.165, 1.54) is 29.4 Å². The molecule has 3 heteroatoms. The summed E-state index contributed by atoms with van der Waals surface area (Å²) in [4.78, 5) is 4.75. The Hall–Kier alpha value is -2.68. The molecule has 0 amide bonds. The number of benzene rings is 1. The molecule has 0 radical (unpaired) electrons. The average molecular weight is 386 g/mol. The molecule has 1 aliphatic carbocycles. The van der Waals surface area contributed by atoms with Crippen LogP contribution in [0.2, 0.25) is 0 Å². The Bertz CT molecular complexity index is 1280. The molecule has 3 aromatic heterocycles. The molecule has 5 rings (SSSR count). The molecule has 4 aromatic rings. The predicted molar refractivity (Wildman–Crippen MR) is 118 cm³/mol. The zero-order chi connectivity index (χ0) is 20.6. The van der Waals surface area contributed by atoms with Crippen LogP contribution in [0.4, 0.5) is 0 Å². The summed E-state index contributed by atoms with van der Waals surface area (Å²) in [6.07, 6.45) is 6.42. The third kappa shape index (κ3) is 2.56. The van der Waals surface area contributed by atoms with E-state index in [0.29, 0.717) is 0 Å². The monoisotopic (exact) mass is 385 g/mol. The SMILES string of the molecule is Cc1ncc2c(oc3c4c(ccc32)C(C)(C)CCC4(C)C)c1-c1cccc[n+]1C. The van der Waals surface area contributed by atoms with Crippen molar-refractivity contribution < 1.29 is 8.98 Å². The molecular weight excluding hydrogens is 356 g/mol. The van der Waals surface area contributed by atoms with E-state index in [1.54, 1.807) is 0 Å². The Morgan fingerprint density at radius 2 is 1.69 bits per heavy atom. The van der Waals surface area contributed by atoms with Crippen molar-refractivity contribution in [2.24, 2.45) is 7.05 Å². The van der Waals surface area contributed by atoms with Gasteiger partial charge < -0.3 is 4.42 Å². The van der Waals surface area contributed by atoms with E-state index in [4.69, 9.17) is 9.40 Å². The van der Waals surface area contributed by atoms with Crippen molar-refractivity contribution in [2.45, 2.75) is 58.3 Å². The zero-order valence-electron chi connectivity index (χ0n) is 18.3. The van der Waals surface area contributed by atoms with Crippen LogP contribution in [-0.2, 0) is 17.9 Å². The second-order valence-corrected chi connectivity index (χ2v) is 9.89. The van der Waals surface area contributed by atoms with Crippen LogP contribution < -0.4 is 4.57 Å². The normalized spacial score (nSPS) is 17.6. The van der Waals surface area contributed by atoms with Crippen LogP contribution in [0.15, 0.2) is 47.1 Å². The summed E-state index contributed by atoms with van der Waals surface area (Å²) in [6, 6.07) is 10.8. The van der Waals surface area contributed by atoms with Gasteiger partial charge in [-0.1, -0.05) is 39.8 Å². The first kappa shape index (κ1) is 18.4. The van der Waals surface area contributed by atoms with E-state index in [1.807, 2.05) is 12.3 Å². The number of aryl methyl sites for hydroxylation is 2. The van der Waals surface area contributed by atoms with Gasteiger partial charge in [0.1, 0.15) is 18.2 Å². The van der Waals surface area contributed by atoms with Crippen molar-refractivity contribution in [3.8, 4) is 11.3 Å². The molecule has 3 heterocycles. The summed E-state index contributed by atoms with van der Waals surface area (Å²) in [7, 11) is 2.07. The Morgan fingerprint density at radius 3 is 2.45 bits per heavy atom. The van der Waals surface area contributed by atoms with E-state index in [-0.39, 0.29) is 10.8 Å². The first-order valence-electron chi connectivity index (χ1n) is 10.5. The minimum Gasteiger partial charge on any atom is -0.455 e. The van der Waals surface area contributed by atoms with Crippen molar-refractivity contribution in [1.82, 2.24) is 4.98 Å². The van der Waals surface area contributed by atoms with Gasteiger partial charge in [-0.25, -0.2) is 4.57 Å². The van der Waals surface area contributed by atoms with Crippen molar-refractivity contribution >= 4 is 21.9 Å². The topological polar surface area (TPSA) is 29.9 Å². The van der Waals surface area contributed by atoms with Crippen LogP contribution in [0.25, 0.3) is 33.2 Å². The fourth-order valence-corrected chi connectivity index (χ4v) is 5.09. The number of rotatable bonds is 1. The second-order valence-electron chi connectivity index (χ2n) is 9.89. The summed E-state index contributed by atoms with van der Waals surface area (Å²) in [5.74, 6) is 0. The van der Waals surface area contributed by atoms with Crippen molar-refractivity contribution in [2.75, 3.05) is 0 Å². The average Bonchev–Trinajstić information content (AvgIpc) is 3.04. The van der Waals surface area contributed by atoms with Gasteiger partial charge in [0.2, 0.25) is 5.69 Å². The maximum atomic E-state index is 6.75. The van der Waals surface area contributed by atoms with E-state index in [2.05, 4.69) is 76.7 Å². The predicted octanol–water partition coefficient (Wildman–Crippen LogP) is 6.13. The molecule has 0 saturated heterocycles. The summed E-state index contributed by atoms with van der Waals surface area (Å²) in [6.45, 7) is 11.5. The molecule has 0 unspecified atom stereocenters. The second kappa shape index (κ2) is 5.91. The van der Waals surface area contributed by atoms with Gasteiger partial charge >= 0.3 is 0 Å². The molecule has 0 fully saturated rings. The summed E-state index contributed by atoms with van der Waals surface area (Å²) in [5.41, 5.74) is 8.26. The lowest BCUT2D eigenvalue weighted by Gasteiger charge is -2.41. The van der Waals surface area contributed by atoms with Gasteiger partial charge in [0.05, 0.1) is 5.69 Å². The lowest BCUT2D eigenvalue weighted by Crippen LogP contribution is -2.33. The van der Waals surface area contributed by atoms with Crippen LogP contribution in [0.5, 0.6) is 0 Å². The van der Waals surface area contributed by atoms with Gasteiger partial charge in [0, 0.05) is 34.7 Å². The summed E-state index contributed by atoms with van der Waals surface area (Å²) < 4.78 is 8.89. The van der Waals surface area contributed by atoms with Gasteiger partial charge in [0.25, 0.3) is 0 Å². The minimum absolute atomic E-state index is 0.0955. The highest BCUT2D eigenvalue weighted by atomic mass is 16.3. The lowest BCUT2D eigenvalue weighted by molar-refractivity contribution is -0.660. The molecule has 3 nitrogen and oxygen atoms in total. The molecule has 29 heavy (non-hydrogen) atoms. The van der Waals surface area contributed by atoms with Crippen LogP contribution in [0, 0.1) is 6.92 Å². The highest BCUT2D eigenvalue weighted by Crippen LogP contribution is 2.50. The van der Waals surface area contributed by atoms with Crippen LogP contribution in [-0.4, -0.2) is 4.98 Å². The van der Waals surface area contributed by atoms with Gasteiger partial charge in [-0.05, 0) is 42.2 Å². The third-order valence-corrected chi connectivity index (χ3v) is 6.96.